The first-order chi connectivity index (χ1) is 10.6. The van der Waals surface area contributed by atoms with Gasteiger partial charge in [-0.3, -0.25) is 4.79 Å². The minimum absolute atomic E-state index is 0.0248. The number of rotatable bonds is 3. The summed E-state index contributed by atoms with van der Waals surface area (Å²) in [4.78, 5) is 12.9. The molecule has 4 heteroatoms. The summed E-state index contributed by atoms with van der Waals surface area (Å²) in [6.45, 7) is 4.76. The summed E-state index contributed by atoms with van der Waals surface area (Å²) in [6.07, 6.45) is 3.54. The topological polar surface area (TPSA) is 46.1 Å². The third-order valence-electron chi connectivity index (χ3n) is 3.64. The second-order valence-corrected chi connectivity index (χ2v) is 5.81. The number of hydrogen-bond donors (Lipinski definition) is 1. The summed E-state index contributed by atoms with van der Waals surface area (Å²) in [7, 11) is 0. The van der Waals surface area contributed by atoms with Crippen LogP contribution >= 0.6 is 0 Å². The fraction of sp³-hybridized carbons (Fsp3) is 0.222. The van der Waals surface area contributed by atoms with E-state index in [9.17, 15) is 9.90 Å². The molecule has 0 aliphatic rings. The average Bonchev–Trinajstić information content (AvgIpc) is 2.52. The standard InChI is InChI=1S/C18H18N2O2/c1-13(2)12-20-15-9-5-4-8-14(15)17(21)16(18(20)22)19-10-6-3-7-11-19/h3-11,13H,12H2,1-2H3/p+1. The van der Waals surface area contributed by atoms with Gasteiger partial charge in [-0.2, -0.15) is 4.57 Å². The Balaban J connectivity index is 2.41. The molecule has 1 N–H and O–H groups in total. The predicted octanol–water partition coefficient (Wildman–Crippen LogP) is 2.64. The van der Waals surface area contributed by atoms with Gasteiger partial charge in [0.05, 0.1) is 5.52 Å². The Morgan fingerprint density at radius 2 is 1.77 bits per heavy atom. The first-order valence-electron chi connectivity index (χ1n) is 7.40. The molecule has 0 saturated carbocycles. The summed E-state index contributed by atoms with van der Waals surface area (Å²) in [5, 5.41) is 11.3. The molecule has 0 bridgehead atoms. The molecule has 0 atom stereocenters. The lowest BCUT2D eigenvalue weighted by atomic mass is 10.1. The lowest BCUT2D eigenvalue weighted by Gasteiger charge is -2.14. The maximum Gasteiger partial charge on any atom is 0.327 e. The van der Waals surface area contributed by atoms with Crippen LogP contribution in [0.1, 0.15) is 13.8 Å². The molecule has 0 amide bonds. The maximum absolute atomic E-state index is 12.9. The Morgan fingerprint density at radius 1 is 1.09 bits per heavy atom. The van der Waals surface area contributed by atoms with Crippen LogP contribution in [0.3, 0.4) is 0 Å². The Hall–Kier alpha value is -2.62. The lowest BCUT2D eigenvalue weighted by molar-refractivity contribution is -0.597. The molecule has 0 saturated heterocycles. The van der Waals surface area contributed by atoms with Gasteiger partial charge in [-0.25, -0.2) is 0 Å². The van der Waals surface area contributed by atoms with Crippen LogP contribution in [-0.4, -0.2) is 9.67 Å². The highest BCUT2D eigenvalue weighted by Gasteiger charge is 2.23. The van der Waals surface area contributed by atoms with Gasteiger partial charge in [0, 0.05) is 24.1 Å². The number of pyridine rings is 2. The second kappa shape index (κ2) is 5.64. The van der Waals surface area contributed by atoms with Crippen LogP contribution in [0.2, 0.25) is 0 Å². The van der Waals surface area contributed by atoms with Gasteiger partial charge in [-0.1, -0.05) is 32.0 Å². The highest BCUT2D eigenvalue weighted by molar-refractivity contribution is 5.87. The lowest BCUT2D eigenvalue weighted by Crippen LogP contribution is -2.39. The SMILES string of the molecule is CC(C)Cn1c(=O)c(-[n+]2ccccc2)c(O)c2ccccc21. The first-order valence-corrected chi connectivity index (χ1v) is 7.40. The van der Waals surface area contributed by atoms with Crippen LogP contribution in [0.15, 0.2) is 59.7 Å². The number of nitrogens with zero attached hydrogens (tertiary/aromatic N) is 2. The molecule has 112 valence electrons. The molecule has 1 aromatic carbocycles. The van der Waals surface area contributed by atoms with Crippen molar-refractivity contribution in [2.75, 3.05) is 0 Å². The van der Waals surface area contributed by atoms with E-state index in [0.717, 1.165) is 5.52 Å². The summed E-state index contributed by atoms with van der Waals surface area (Å²) < 4.78 is 3.41. The molecule has 0 fully saturated rings. The quantitative estimate of drug-likeness (QED) is 0.755. The molecule has 2 aromatic heterocycles. The van der Waals surface area contributed by atoms with Crippen molar-refractivity contribution in [1.82, 2.24) is 4.57 Å². The summed E-state index contributed by atoms with van der Waals surface area (Å²) in [5.74, 6) is 0.357. The number of aromatic hydroxyl groups is 1. The maximum atomic E-state index is 12.9. The molecule has 3 rings (SSSR count). The number of benzene rings is 1. The molecule has 22 heavy (non-hydrogen) atoms. The summed E-state index contributed by atoms with van der Waals surface area (Å²) >= 11 is 0. The van der Waals surface area contributed by atoms with Gasteiger partial charge in [0.1, 0.15) is 0 Å². The fourth-order valence-electron chi connectivity index (χ4n) is 2.70. The Bertz CT molecular complexity index is 867. The molecule has 4 nitrogen and oxygen atoms in total. The van der Waals surface area contributed by atoms with Crippen LogP contribution < -0.4 is 10.1 Å². The van der Waals surface area contributed by atoms with Crippen molar-refractivity contribution < 1.29 is 9.67 Å². The third kappa shape index (κ3) is 2.37. The molecular formula is C18H19N2O2+. The fourth-order valence-corrected chi connectivity index (χ4v) is 2.70. The average molecular weight is 295 g/mol. The van der Waals surface area contributed by atoms with Crippen molar-refractivity contribution in [3.05, 3.63) is 65.2 Å². The van der Waals surface area contributed by atoms with Crippen molar-refractivity contribution in [2.45, 2.75) is 20.4 Å². The minimum Gasteiger partial charge on any atom is -0.502 e. The molecule has 3 aromatic rings. The highest BCUT2D eigenvalue weighted by Crippen LogP contribution is 2.26. The predicted molar refractivity (Wildman–Crippen MR) is 86.2 cm³/mol. The van der Waals surface area contributed by atoms with Crippen LogP contribution in [0.25, 0.3) is 16.6 Å². The van der Waals surface area contributed by atoms with Crippen LogP contribution in [0.4, 0.5) is 0 Å². The monoisotopic (exact) mass is 295 g/mol. The highest BCUT2D eigenvalue weighted by atomic mass is 16.3. The van der Waals surface area contributed by atoms with Crippen molar-refractivity contribution in [1.29, 1.82) is 0 Å². The van der Waals surface area contributed by atoms with Gasteiger partial charge in [-0.05, 0) is 18.1 Å². The van der Waals surface area contributed by atoms with Crippen molar-refractivity contribution in [3.63, 3.8) is 0 Å². The van der Waals surface area contributed by atoms with E-state index in [0.29, 0.717) is 23.5 Å². The molecule has 0 spiro atoms. The van der Waals surface area contributed by atoms with Gasteiger partial charge in [0.2, 0.25) is 5.75 Å². The van der Waals surface area contributed by atoms with Crippen molar-refractivity contribution in [3.8, 4) is 11.4 Å². The number of aromatic nitrogens is 2. The van der Waals surface area contributed by atoms with Crippen molar-refractivity contribution >= 4 is 10.9 Å². The van der Waals surface area contributed by atoms with Gasteiger partial charge in [0.25, 0.3) is 0 Å². The minimum atomic E-state index is -0.180. The van der Waals surface area contributed by atoms with Crippen LogP contribution in [-0.2, 0) is 6.54 Å². The Morgan fingerprint density at radius 3 is 2.45 bits per heavy atom. The van der Waals surface area contributed by atoms with E-state index < -0.39 is 0 Å². The van der Waals surface area contributed by atoms with E-state index in [1.54, 1.807) is 21.5 Å². The van der Waals surface area contributed by atoms with Crippen molar-refractivity contribution in [2.24, 2.45) is 5.92 Å². The first kappa shape index (κ1) is 14.3. The normalized spacial score (nSPS) is 11.2. The van der Waals surface area contributed by atoms with Gasteiger partial charge >= 0.3 is 11.2 Å². The van der Waals surface area contributed by atoms with E-state index >= 15 is 0 Å². The van der Waals surface area contributed by atoms with E-state index in [2.05, 4.69) is 13.8 Å². The largest absolute Gasteiger partial charge is 0.502 e. The Kier molecular flexibility index (Phi) is 3.67. The molecule has 0 aliphatic heterocycles. The van der Waals surface area contributed by atoms with Gasteiger partial charge in [-0.15, -0.1) is 0 Å². The zero-order chi connectivity index (χ0) is 15.7. The third-order valence-corrected chi connectivity index (χ3v) is 3.64. The van der Waals surface area contributed by atoms with Crippen LogP contribution in [0.5, 0.6) is 5.75 Å². The van der Waals surface area contributed by atoms with E-state index in [1.165, 1.54) is 0 Å². The zero-order valence-electron chi connectivity index (χ0n) is 12.7. The number of fused-ring (bicyclic) bond motifs is 1. The molecule has 0 unspecified atom stereocenters. The summed E-state index contributed by atoms with van der Waals surface area (Å²) in [6, 6.07) is 13.0. The van der Waals surface area contributed by atoms with E-state index in [4.69, 9.17) is 0 Å². The molecule has 0 aliphatic carbocycles. The van der Waals surface area contributed by atoms with E-state index in [1.807, 2.05) is 42.5 Å². The second-order valence-electron chi connectivity index (χ2n) is 5.81. The Labute approximate surface area is 128 Å². The molecular weight excluding hydrogens is 276 g/mol. The number of para-hydroxylation sites is 1. The van der Waals surface area contributed by atoms with E-state index in [-0.39, 0.29) is 11.3 Å². The molecule has 0 radical (unpaired) electrons. The van der Waals surface area contributed by atoms with Gasteiger partial charge < -0.3 is 9.67 Å². The smallest absolute Gasteiger partial charge is 0.327 e. The van der Waals surface area contributed by atoms with Crippen LogP contribution in [0, 0.1) is 5.92 Å². The zero-order valence-corrected chi connectivity index (χ0v) is 12.7. The number of hydrogen-bond acceptors (Lipinski definition) is 2. The summed E-state index contributed by atoms with van der Waals surface area (Å²) in [5.41, 5.74) is 0.875. The molecule has 2 heterocycles. The van der Waals surface area contributed by atoms with Gasteiger partial charge in [0.15, 0.2) is 12.4 Å².